The highest BCUT2D eigenvalue weighted by Gasteiger charge is 2.71. The van der Waals surface area contributed by atoms with Gasteiger partial charge in [0.25, 0.3) is 0 Å². The Kier molecular flexibility index (Phi) is 10.9. The normalized spacial score (nSPS) is 57.2. The molecule has 0 aromatic heterocycles. The predicted molar refractivity (Wildman–Crippen MR) is 186 cm³/mol. The summed E-state index contributed by atoms with van der Waals surface area (Å²) in [6, 6.07) is 0. The summed E-state index contributed by atoms with van der Waals surface area (Å²) in [7, 11) is 0. The van der Waals surface area contributed by atoms with Crippen LogP contribution in [-0.4, -0.2) is 158 Å². The average molecular weight is 771 g/mol. The molecule has 0 unspecified atom stereocenters. The van der Waals surface area contributed by atoms with Crippen molar-refractivity contribution in [3.63, 3.8) is 0 Å². The van der Waals surface area contributed by atoms with Crippen molar-refractivity contribution >= 4 is 0 Å². The number of fused-ring (bicyclic) bond motifs is 7. The van der Waals surface area contributed by atoms with Crippen LogP contribution in [0.25, 0.3) is 0 Å². The van der Waals surface area contributed by atoms with Crippen molar-refractivity contribution in [3.05, 3.63) is 11.6 Å². The largest absolute Gasteiger partial charge is 0.396 e. The van der Waals surface area contributed by atoms with Crippen molar-refractivity contribution in [1.82, 2.24) is 0 Å². The van der Waals surface area contributed by atoms with Gasteiger partial charge in [-0.25, -0.2) is 0 Å². The molecule has 22 atom stereocenters. The van der Waals surface area contributed by atoms with Crippen LogP contribution >= 0.6 is 0 Å². The third-order valence-electron chi connectivity index (χ3n) is 15.8. The van der Waals surface area contributed by atoms with E-state index in [1.165, 1.54) is 5.57 Å². The first-order valence-electron chi connectivity index (χ1n) is 20.2. The van der Waals surface area contributed by atoms with Crippen LogP contribution in [0.2, 0.25) is 0 Å². The molecule has 308 valence electrons. The summed E-state index contributed by atoms with van der Waals surface area (Å²) in [5, 5.41) is 92.3. The number of aliphatic hydroxyl groups is 9. The maximum Gasteiger partial charge on any atom is 0.198 e. The molecule has 0 aromatic carbocycles. The van der Waals surface area contributed by atoms with E-state index in [0.717, 1.165) is 38.5 Å². The zero-order chi connectivity index (χ0) is 38.5. The van der Waals surface area contributed by atoms with Crippen LogP contribution in [0.5, 0.6) is 0 Å². The van der Waals surface area contributed by atoms with Crippen LogP contribution in [0.4, 0.5) is 0 Å². The summed E-state index contributed by atoms with van der Waals surface area (Å²) in [6.45, 7) is 6.06. The van der Waals surface area contributed by atoms with Crippen molar-refractivity contribution in [2.24, 2.45) is 46.3 Å². The molecule has 9 N–H and O–H groups in total. The fourth-order valence-electron chi connectivity index (χ4n) is 12.8. The zero-order valence-corrected chi connectivity index (χ0v) is 31.5. The lowest BCUT2D eigenvalue weighted by Gasteiger charge is -2.59. The zero-order valence-electron chi connectivity index (χ0n) is 31.5. The Morgan fingerprint density at radius 1 is 0.759 bits per heavy atom. The molecule has 3 saturated carbocycles. The molecule has 4 aliphatic heterocycles. The molecule has 8 rings (SSSR count). The van der Waals surface area contributed by atoms with Gasteiger partial charge in [-0.2, -0.15) is 0 Å². The lowest BCUT2D eigenvalue weighted by atomic mass is 9.47. The molecule has 0 radical (unpaired) electrons. The number of allylic oxidation sites excluding steroid dienone is 1. The SMILES string of the molecule is C[C@H]1[C@H]2[C@H](C[C@H]3[C@@H]4CC=C5C[C@@H](O[C@@H]6O[C@H](CO)[C@@H](O)[C@H](O)[C@H]6O)CC[C@]5(C)[C@H]4CC[C@]23C)O[C@@]12OC[C@H](CO)C[C@@H]2O[C@@H]1O[C@H](CO)[C@@H](O)[C@H](O)[C@H]1O. The molecule has 4 saturated heterocycles. The van der Waals surface area contributed by atoms with Crippen LogP contribution in [0, 0.1) is 46.3 Å². The molecule has 1 spiro atoms. The third-order valence-corrected chi connectivity index (χ3v) is 15.8. The number of ether oxygens (including phenoxy) is 6. The molecule has 15 nitrogen and oxygen atoms in total. The van der Waals surface area contributed by atoms with Crippen LogP contribution in [0.3, 0.4) is 0 Å². The van der Waals surface area contributed by atoms with Gasteiger partial charge < -0.3 is 74.4 Å². The molecule has 0 aromatic rings. The van der Waals surface area contributed by atoms with E-state index >= 15 is 0 Å². The molecule has 8 aliphatic rings. The van der Waals surface area contributed by atoms with Gasteiger partial charge in [0.2, 0.25) is 0 Å². The molecule has 4 aliphatic carbocycles. The Morgan fingerprint density at radius 3 is 2.04 bits per heavy atom. The first-order chi connectivity index (χ1) is 25.7. The summed E-state index contributed by atoms with van der Waals surface area (Å²) in [4.78, 5) is 0. The molecule has 4 heterocycles. The van der Waals surface area contributed by atoms with E-state index in [1.807, 2.05) is 0 Å². The van der Waals surface area contributed by atoms with E-state index in [2.05, 4.69) is 26.8 Å². The van der Waals surface area contributed by atoms with Crippen LogP contribution in [-0.2, 0) is 28.4 Å². The van der Waals surface area contributed by atoms with Crippen LogP contribution in [0.1, 0.15) is 72.1 Å². The lowest BCUT2D eigenvalue weighted by Crippen LogP contribution is -2.63. The second-order valence-corrected chi connectivity index (χ2v) is 18.3. The van der Waals surface area contributed by atoms with Crippen molar-refractivity contribution in [2.75, 3.05) is 26.4 Å². The number of rotatable bonds is 7. The quantitative estimate of drug-likeness (QED) is 0.146. The van der Waals surface area contributed by atoms with Gasteiger partial charge in [0, 0.05) is 18.4 Å². The third kappa shape index (κ3) is 6.10. The second kappa shape index (κ2) is 14.8. The predicted octanol–water partition coefficient (Wildman–Crippen LogP) is -0.694. The van der Waals surface area contributed by atoms with Gasteiger partial charge in [-0.05, 0) is 85.9 Å². The highest BCUT2D eigenvalue weighted by molar-refractivity contribution is 5.26. The van der Waals surface area contributed by atoms with Crippen LogP contribution < -0.4 is 0 Å². The highest BCUT2D eigenvalue weighted by Crippen LogP contribution is 2.71. The van der Waals surface area contributed by atoms with E-state index in [4.69, 9.17) is 28.4 Å². The molecule has 0 amide bonds. The maximum atomic E-state index is 10.9. The molecular formula is C39H62O15. The minimum Gasteiger partial charge on any atom is -0.396 e. The van der Waals surface area contributed by atoms with Gasteiger partial charge in [-0.1, -0.05) is 32.4 Å². The van der Waals surface area contributed by atoms with Crippen molar-refractivity contribution in [3.8, 4) is 0 Å². The Labute approximate surface area is 316 Å². The van der Waals surface area contributed by atoms with Gasteiger partial charge in [0.05, 0.1) is 32.0 Å². The van der Waals surface area contributed by atoms with Crippen molar-refractivity contribution in [1.29, 1.82) is 0 Å². The summed E-state index contributed by atoms with van der Waals surface area (Å²) >= 11 is 0. The summed E-state index contributed by atoms with van der Waals surface area (Å²) in [6.07, 6.45) is -5.64. The first kappa shape index (κ1) is 39.9. The Balaban J connectivity index is 0.978. The van der Waals surface area contributed by atoms with Gasteiger partial charge in [0.1, 0.15) is 54.9 Å². The monoisotopic (exact) mass is 770 g/mol. The molecule has 0 bridgehead atoms. The minimum atomic E-state index is -1.58. The van der Waals surface area contributed by atoms with E-state index in [9.17, 15) is 46.0 Å². The Hall–Kier alpha value is -0.860. The summed E-state index contributed by atoms with van der Waals surface area (Å²) < 4.78 is 37.7. The first-order valence-corrected chi connectivity index (χ1v) is 20.2. The van der Waals surface area contributed by atoms with Crippen molar-refractivity contribution in [2.45, 2.75) is 158 Å². The molecule has 15 heteroatoms. The second-order valence-electron chi connectivity index (χ2n) is 18.3. The molecule has 54 heavy (non-hydrogen) atoms. The van der Waals surface area contributed by atoms with E-state index < -0.39 is 86.5 Å². The van der Waals surface area contributed by atoms with Crippen molar-refractivity contribution < 1.29 is 74.4 Å². The van der Waals surface area contributed by atoms with E-state index in [-0.39, 0.29) is 54.0 Å². The fourth-order valence-corrected chi connectivity index (χ4v) is 12.8. The number of hydrogen-bond donors (Lipinski definition) is 9. The van der Waals surface area contributed by atoms with Gasteiger partial charge in [-0.3, -0.25) is 0 Å². The van der Waals surface area contributed by atoms with E-state index in [0.29, 0.717) is 30.6 Å². The van der Waals surface area contributed by atoms with Gasteiger partial charge >= 0.3 is 0 Å². The maximum absolute atomic E-state index is 10.9. The smallest absolute Gasteiger partial charge is 0.198 e. The standard InChI is InChI=1S/C39H62O15/c1-17-28-24(54-39(17)27(10-18(13-40)16-49-39)53-36-34(48)32(46)30(44)26(15-42)52-36)12-23-21-5-4-19-11-20(6-8-37(19,2)22(21)7-9-38(23,28)3)50-35-33(47)31(45)29(43)25(14-41)51-35/h4,17-18,20-36,40-48H,5-16H2,1-3H3/t17-,18-,20-,21+,22-,23-,24-,25+,26+,27-,28-,29+,30+,31-,32-,33+,34+,35+,36-,37-,38-,39-/m0/s1. The van der Waals surface area contributed by atoms with Gasteiger partial charge in [-0.15, -0.1) is 0 Å². The number of aliphatic hydroxyl groups excluding tert-OH is 9. The lowest BCUT2D eigenvalue weighted by molar-refractivity contribution is -0.376. The topological polar surface area (TPSA) is 237 Å². The minimum absolute atomic E-state index is 0.0129. The van der Waals surface area contributed by atoms with E-state index in [1.54, 1.807) is 0 Å². The Bertz CT molecular complexity index is 1380. The van der Waals surface area contributed by atoms with Gasteiger partial charge in [0.15, 0.2) is 18.4 Å². The fraction of sp³-hybridized carbons (Fsp3) is 0.949. The highest BCUT2D eigenvalue weighted by atomic mass is 16.8. The number of hydrogen-bond acceptors (Lipinski definition) is 15. The Morgan fingerprint density at radius 2 is 1.41 bits per heavy atom. The molecular weight excluding hydrogens is 708 g/mol. The summed E-state index contributed by atoms with van der Waals surface area (Å²) in [5.74, 6) is 0.00920. The average Bonchev–Trinajstić information content (AvgIpc) is 3.62. The summed E-state index contributed by atoms with van der Waals surface area (Å²) in [5.41, 5.74) is 1.31. The van der Waals surface area contributed by atoms with Crippen LogP contribution in [0.15, 0.2) is 11.6 Å². The molecule has 7 fully saturated rings.